The quantitative estimate of drug-likeness (QED) is 0.838. The van der Waals surface area contributed by atoms with Gasteiger partial charge < -0.3 is 14.7 Å². The van der Waals surface area contributed by atoms with Gasteiger partial charge in [0.25, 0.3) is 0 Å². The predicted molar refractivity (Wildman–Crippen MR) is 87.7 cm³/mol. The maximum absolute atomic E-state index is 12.5. The lowest BCUT2D eigenvalue weighted by atomic mass is 9.94. The number of hydrogen-bond donors (Lipinski definition) is 1. The largest absolute Gasteiger partial charge is 0.497 e. The fourth-order valence-corrected chi connectivity index (χ4v) is 4.63. The van der Waals surface area contributed by atoms with Gasteiger partial charge >= 0.3 is 5.97 Å². The zero-order valence-corrected chi connectivity index (χ0v) is 13.9. The summed E-state index contributed by atoms with van der Waals surface area (Å²) >= 11 is 1.42. The topological polar surface area (TPSA) is 66.8 Å². The molecule has 23 heavy (non-hydrogen) atoms. The number of hydrogen-bond acceptors (Lipinski definition) is 4. The highest BCUT2D eigenvalue weighted by molar-refractivity contribution is 8.00. The molecule has 3 rings (SSSR count). The van der Waals surface area contributed by atoms with Crippen LogP contribution in [-0.2, 0) is 9.59 Å². The van der Waals surface area contributed by atoms with Crippen molar-refractivity contribution in [3.05, 3.63) is 24.3 Å². The number of amides is 1. The molecule has 0 bridgehead atoms. The Labute approximate surface area is 140 Å². The zero-order chi connectivity index (χ0) is 16.4. The average Bonchev–Trinajstić information content (AvgIpc) is 3.13. The van der Waals surface area contributed by atoms with E-state index in [-0.39, 0.29) is 17.6 Å². The number of rotatable bonds is 5. The third-order valence-corrected chi connectivity index (χ3v) is 5.85. The van der Waals surface area contributed by atoms with E-state index in [4.69, 9.17) is 4.74 Å². The van der Waals surface area contributed by atoms with Crippen LogP contribution >= 0.6 is 11.8 Å². The van der Waals surface area contributed by atoms with Gasteiger partial charge in [0, 0.05) is 11.4 Å². The molecule has 1 N–H and O–H groups in total. The van der Waals surface area contributed by atoms with Crippen molar-refractivity contribution in [3.63, 3.8) is 0 Å². The van der Waals surface area contributed by atoms with Crippen molar-refractivity contribution in [1.82, 2.24) is 4.90 Å². The molecule has 1 saturated carbocycles. The monoisotopic (exact) mass is 335 g/mol. The van der Waals surface area contributed by atoms with E-state index in [1.807, 2.05) is 24.3 Å². The standard InChI is InChI=1S/C17H21NO4S/c1-22-12-5-3-6-13(8-12)23-10-15(19)18-9-11-4-2-7-14(11)16(18)17(20)21/h3,5-6,8,11,14,16H,2,4,7,9-10H2,1H3,(H,20,21). The van der Waals surface area contributed by atoms with Crippen molar-refractivity contribution in [2.24, 2.45) is 11.8 Å². The van der Waals surface area contributed by atoms with Crippen LogP contribution in [0, 0.1) is 11.8 Å². The van der Waals surface area contributed by atoms with E-state index in [9.17, 15) is 14.7 Å². The molecule has 3 unspecified atom stereocenters. The maximum atomic E-state index is 12.5. The van der Waals surface area contributed by atoms with Gasteiger partial charge in [-0.3, -0.25) is 4.79 Å². The van der Waals surface area contributed by atoms with Crippen molar-refractivity contribution in [2.45, 2.75) is 30.2 Å². The van der Waals surface area contributed by atoms with Crippen LogP contribution in [0.5, 0.6) is 5.75 Å². The van der Waals surface area contributed by atoms with Gasteiger partial charge in [-0.15, -0.1) is 11.8 Å². The van der Waals surface area contributed by atoms with Gasteiger partial charge in [-0.1, -0.05) is 12.5 Å². The molecular weight excluding hydrogens is 314 g/mol. The van der Waals surface area contributed by atoms with Crippen LogP contribution in [0.25, 0.3) is 0 Å². The molecule has 6 heteroatoms. The van der Waals surface area contributed by atoms with Gasteiger partial charge in [-0.05, 0) is 42.9 Å². The number of likely N-dealkylation sites (tertiary alicyclic amines) is 1. The number of carbonyl (C=O) groups is 2. The first-order valence-corrected chi connectivity index (χ1v) is 8.88. The Morgan fingerprint density at radius 2 is 2.22 bits per heavy atom. The summed E-state index contributed by atoms with van der Waals surface area (Å²) in [4.78, 5) is 26.7. The average molecular weight is 335 g/mol. The third kappa shape index (κ3) is 3.32. The van der Waals surface area contributed by atoms with Crippen LogP contribution in [0.1, 0.15) is 19.3 Å². The summed E-state index contributed by atoms with van der Waals surface area (Å²) in [5, 5.41) is 9.52. The van der Waals surface area contributed by atoms with Crippen molar-refractivity contribution in [1.29, 1.82) is 0 Å². The first-order valence-electron chi connectivity index (χ1n) is 7.89. The van der Waals surface area contributed by atoms with E-state index < -0.39 is 12.0 Å². The third-order valence-electron chi connectivity index (χ3n) is 4.87. The minimum absolute atomic E-state index is 0.0837. The van der Waals surface area contributed by atoms with Gasteiger partial charge in [0.05, 0.1) is 12.9 Å². The predicted octanol–water partition coefficient (Wildman–Crippen LogP) is 2.50. The molecule has 1 aliphatic heterocycles. The maximum Gasteiger partial charge on any atom is 0.326 e. The minimum atomic E-state index is -0.862. The number of carboxylic acids is 1. The van der Waals surface area contributed by atoms with Crippen LogP contribution in [0.4, 0.5) is 0 Å². The van der Waals surface area contributed by atoms with E-state index in [2.05, 4.69) is 0 Å². The first-order chi connectivity index (χ1) is 11.1. The number of carboxylic acid groups (broad SMARTS) is 1. The van der Waals surface area contributed by atoms with Crippen molar-refractivity contribution < 1.29 is 19.4 Å². The summed E-state index contributed by atoms with van der Waals surface area (Å²) in [6, 6.07) is 6.90. The van der Waals surface area contributed by atoms with Gasteiger partial charge in [0.1, 0.15) is 11.8 Å². The van der Waals surface area contributed by atoms with Crippen molar-refractivity contribution >= 4 is 23.6 Å². The minimum Gasteiger partial charge on any atom is -0.497 e. The Morgan fingerprint density at radius 1 is 1.39 bits per heavy atom. The number of nitrogens with zero attached hydrogens (tertiary/aromatic N) is 1. The lowest BCUT2D eigenvalue weighted by Gasteiger charge is -2.24. The van der Waals surface area contributed by atoms with Gasteiger partial charge in [-0.25, -0.2) is 4.79 Å². The highest BCUT2D eigenvalue weighted by Gasteiger charge is 2.49. The molecule has 0 spiro atoms. The Balaban J connectivity index is 1.64. The fraction of sp³-hybridized carbons (Fsp3) is 0.529. The van der Waals surface area contributed by atoms with Crippen LogP contribution in [0.15, 0.2) is 29.2 Å². The highest BCUT2D eigenvalue weighted by Crippen LogP contribution is 2.42. The summed E-state index contributed by atoms with van der Waals surface area (Å²) in [7, 11) is 1.61. The summed E-state index contributed by atoms with van der Waals surface area (Å²) < 4.78 is 5.17. The first kappa shape index (κ1) is 16.2. The molecule has 124 valence electrons. The molecule has 2 fully saturated rings. The second kappa shape index (κ2) is 6.83. The Bertz CT molecular complexity index is 606. The van der Waals surface area contributed by atoms with Gasteiger partial charge in [-0.2, -0.15) is 0 Å². The Morgan fingerprint density at radius 3 is 2.96 bits per heavy atom. The number of benzene rings is 1. The van der Waals surface area contributed by atoms with E-state index in [1.165, 1.54) is 11.8 Å². The summed E-state index contributed by atoms with van der Waals surface area (Å²) in [6.07, 6.45) is 3.05. The van der Waals surface area contributed by atoms with Crippen LogP contribution in [-0.4, -0.2) is 47.3 Å². The normalized spacial score (nSPS) is 26.1. The van der Waals surface area contributed by atoms with Gasteiger partial charge in [0.15, 0.2) is 0 Å². The highest BCUT2D eigenvalue weighted by atomic mass is 32.2. The molecule has 5 nitrogen and oxygen atoms in total. The fourth-order valence-electron chi connectivity index (χ4n) is 3.80. The SMILES string of the molecule is COc1cccc(SCC(=O)N2CC3CCCC3C2C(=O)O)c1. The lowest BCUT2D eigenvalue weighted by Crippen LogP contribution is -2.44. The van der Waals surface area contributed by atoms with Crippen LogP contribution in [0.3, 0.4) is 0 Å². The molecule has 1 saturated heterocycles. The van der Waals surface area contributed by atoms with Crippen molar-refractivity contribution in [3.8, 4) is 5.75 Å². The van der Waals surface area contributed by atoms with E-state index in [0.29, 0.717) is 12.5 Å². The molecule has 0 radical (unpaired) electrons. The summed E-state index contributed by atoms with van der Waals surface area (Å²) in [6.45, 7) is 0.596. The second-order valence-corrected chi connectivity index (χ2v) is 7.20. The number of methoxy groups -OCH3 is 1. The smallest absolute Gasteiger partial charge is 0.326 e. The Hall–Kier alpha value is -1.69. The molecule has 1 amide bonds. The number of fused-ring (bicyclic) bond motifs is 1. The molecule has 1 aromatic rings. The van der Waals surface area contributed by atoms with E-state index in [1.54, 1.807) is 12.0 Å². The van der Waals surface area contributed by atoms with Crippen molar-refractivity contribution in [2.75, 3.05) is 19.4 Å². The molecular formula is C17H21NO4S. The molecule has 1 aliphatic carbocycles. The molecule has 2 aliphatic rings. The summed E-state index contributed by atoms with van der Waals surface area (Å²) in [5.74, 6) is 0.566. The van der Waals surface area contributed by atoms with Crippen LogP contribution in [0.2, 0.25) is 0 Å². The lowest BCUT2D eigenvalue weighted by molar-refractivity contribution is -0.148. The number of aliphatic carboxylic acids is 1. The molecule has 1 aromatic carbocycles. The second-order valence-electron chi connectivity index (χ2n) is 6.15. The summed E-state index contributed by atoms with van der Waals surface area (Å²) in [5.41, 5.74) is 0. The van der Waals surface area contributed by atoms with Crippen LogP contribution < -0.4 is 4.74 Å². The number of carbonyl (C=O) groups excluding carboxylic acids is 1. The number of ether oxygens (including phenoxy) is 1. The van der Waals surface area contributed by atoms with E-state index in [0.717, 1.165) is 29.9 Å². The molecule has 3 atom stereocenters. The zero-order valence-electron chi connectivity index (χ0n) is 13.1. The van der Waals surface area contributed by atoms with Gasteiger partial charge in [0.2, 0.25) is 5.91 Å². The van der Waals surface area contributed by atoms with E-state index >= 15 is 0 Å². The Kier molecular flexibility index (Phi) is 4.80. The molecule has 0 aromatic heterocycles. The number of thioether (sulfide) groups is 1. The molecule has 1 heterocycles.